The molecule has 0 aliphatic rings. The van der Waals surface area contributed by atoms with Crippen LogP contribution in [0.3, 0.4) is 0 Å². The summed E-state index contributed by atoms with van der Waals surface area (Å²) in [4.78, 5) is 29.0. The van der Waals surface area contributed by atoms with Gasteiger partial charge in [-0.15, -0.1) is 0 Å². The molecule has 0 spiro atoms. The molecule has 3 rings (SSSR count). The fourth-order valence-electron chi connectivity index (χ4n) is 2.75. The molecule has 0 radical (unpaired) electrons. The maximum Gasteiger partial charge on any atom is 0.332 e. The third-order valence-corrected chi connectivity index (χ3v) is 3.97. The van der Waals surface area contributed by atoms with E-state index in [9.17, 15) is 14.0 Å². The number of aryl methyl sites for hydroxylation is 2. The minimum Gasteiger partial charge on any atom is -0.318 e. The Balaban J connectivity index is 2.31. The van der Waals surface area contributed by atoms with Crippen LogP contribution in [0.15, 0.2) is 33.9 Å². The van der Waals surface area contributed by atoms with Gasteiger partial charge in [-0.3, -0.25) is 13.9 Å². The summed E-state index contributed by atoms with van der Waals surface area (Å²) < 4.78 is 17.6. The first-order chi connectivity index (χ1) is 10.9. The van der Waals surface area contributed by atoms with Gasteiger partial charge in [0.15, 0.2) is 11.2 Å². The predicted octanol–water partition coefficient (Wildman–Crippen LogP) is 1.18. The number of aromatic nitrogens is 4. The maximum atomic E-state index is 13.4. The summed E-state index contributed by atoms with van der Waals surface area (Å²) in [5, 5.41) is 0. The van der Waals surface area contributed by atoms with Gasteiger partial charge in [0, 0.05) is 27.1 Å². The Bertz CT molecular complexity index is 1010. The summed E-state index contributed by atoms with van der Waals surface area (Å²) in [5.74, 6) is 0.354. The quantitative estimate of drug-likeness (QED) is 0.729. The van der Waals surface area contributed by atoms with Crippen molar-refractivity contribution in [1.82, 2.24) is 18.7 Å². The number of halogens is 1. The van der Waals surface area contributed by atoms with Crippen LogP contribution in [0.25, 0.3) is 11.2 Å². The van der Waals surface area contributed by atoms with E-state index in [0.29, 0.717) is 30.0 Å². The average Bonchev–Trinajstić information content (AvgIpc) is 2.89. The fourth-order valence-corrected chi connectivity index (χ4v) is 2.75. The Hall–Kier alpha value is -2.70. The van der Waals surface area contributed by atoms with E-state index in [4.69, 9.17) is 0 Å². The first-order valence-electron chi connectivity index (χ1n) is 7.33. The maximum absolute atomic E-state index is 13.4. The molecule has 7 heteroatoms. The van der Waals surface area contributed by atoms with E-state index in [1.54, 1.807) is 23.7 Å². The van der Waals surface area contributed by atoms with E-state index in [0.717, 1.165) is 10.1 Å². The molecule has 0 unspecified atom stereocenters. The lowest BCUT2D eigenvalue weighted by Crippen LogP contribution is -2.37. The number of rotatable bonds is 3. The number of hydrogen-bond donors (Lipinski definition) is 0. The average molecular weight is 316 g/mol. The van der Waals surface area contributed by atoms with Gasteiger partial charge in [-0.25, -0.2) is 14.2 Å². The monoisotopic (exact) mass is 316 g/mol. The molecule has 0 N–H and O–H groups in total. The lowest BCUT2D eigenvalue weighted by molar-refractivity contribution is 0.623. The van der Waals surface area contributed by atoms with Crippen LogP contribution >= 0.6 is 0 Å². The molecule has 2 heterocycles. The van der Waals surface area contributed by atoms with Crippen LogP contribution in [0.2, 0.25) is 0 Å². The molecule has 6 nitrogen and oxygen atoms in total. The van der Waals surface area contributed by atoms with Crippen molar-refractivity contribution in [1.29, 1.82) is 0 Å². The van der Waals surface area contributed by atoms with E-state index < -0.39 is 11.2 Å². The highest BCUT2D eigenvalue weighted by atomic mass is 19.1. The van der Waals surface area contributed by atoms with E-state index >= 15 is 0 Å². The lowest BCUT2D eigenvalue weighted by Gasteiger charge is -2.09. The van der Waals surface area contributed by atoms with Crippen molar-refractivity contribution in [3.8, 4) is 0 Å². The van der Waals surface area contributed by atoms with E-state index in [2.05, 4.69) is 4.98 Å². The summed E-state index contributed by atoms with van der Waals surface area (Å²) in [6.45, 7) is 2.25. The number of benzene rings is 1. The zero-order chi connectivity index (χ0) is 16.7. The standard InChI is InChI=1S/C16H17FN4O2/c1-4-12-18-14-13(15(22)20(3)16(23)19(14)2)21(12)9-10-6-5-7-11(17)8-10/h5-8H,4,9H2,1-3H3. The highest BCUT2D eigenvalue weighted by molar-refractivity contribution is 5.71. The molecule has 0 aliphatic heterocycles. The Morgan fingerprint density at radius 2 is 1.91 bits per heavy atom. The van der Waals surface area contributed by atoms with Gasteiger partial charge in [0.2, 0.25) is 0 Å². The van der Waals surface area contributed by atoms with E-state index in [1.165, 1.54) is 23.7 Å². The molecule has 3 aromatic rings. The summed E-state index contributed by atoms with van der Waals surface area (Å²) in [6, 6.07) is 6.22. The van der Waals surface area contributed by atoms with Gasteiger partial charge in [-0.1, -0.05) is 19.1 Å². The van der Waals surface area contributed by atoms with Crippen LogP contribution in [-0.4, -0.2) is 18.7 Å². The van der Waals surface area contributed by atoms with Crippen LogP contribution in [-0.2, 0) is 27.1 Å². The molecule has 0 atom stereocenters. The third-order valence-electron chi connectivity index (χ3n) is 3.97. The van der Waals surface area contributed by atoms with Crippen molar-refractivity contribution >= 4 is 11.2 Å². The molecule has 1 aromatic carbocycles. The zero-order valence-corrected chi connectivity index (χ0v) is 13.2. The molecule has 0 fully saturated rings. The van der Waals surface area contributed by atoms with Gasteiger partial charge in [-0.05, 0) is 17.7 Å². The second-order valence-electron chi connectivity index (χ2n) is 5.48. The van der Waals surface area contributed by atoms with Crippen molar-refractivity contribution in [3.63, 3.8) is 0 Å². The fraction of sp³-hybridized carbons (Fsp3) is 0.312. The number of nitrogens with zero attached hydrogens (tertiary/aromatic N) is 4. The van der Waals surface area contributed by atoms with Gasteiger partial charge < -0.3 is 4.57 Å². The number of fused-ring (bicyclic) bond motifs is 1. The Labute approximate surface area is 131 Å². The van der Waals surface area contributed by atoms with Gasteiger partial charge in [0.25, 0.3) is 5.56 Å². The third kappa shape index (κ3) is 2.38. The lowest BCUT2D eigenvalue weighted by atomic mass is 10.2. The molecule has 23 heavy (non-hydrogen) atoms. The highest BCUT2D eigenvalue weighted by Crippen LogP contribution is 2.15. The van der Waals surface area contributed by atoms with Crippen LogP contribution in [0.5, 0.6) is 0 Å². The molecular formula is C16H17FN4O2. The number of imidazole rings is 1. The van der Waals surface area contributed by atoms with Gasteiger partial charge in [0.05, 0.1) is 0 Å². The minimum atomic E-state index is -0.416. The van der Waals surface area contributed by atoms with E-state index in [-0.39, 0.29) is 5.82 Å². The largest absolute Gasteiger partial charge is 0.332 e. The smallest absolute Gasteiger partial charge is 0.318 e. The van der Waals surface area contributed by atoms with Gasteiger partial charge in [-0.2, -0.15) is 0 Å². The second kappa shape index (κ2) is 5.49. The Morgan fingerprint density at radius 1 is 1.17 bits per heavy atom. The Kier molecular flexibility index (Phi) is 3.63. The molecule has 0 amide bonds. The molecule has 120 valence electrons. The summed E-state index contributed by atoms with van der Waals surface area (Å²) in [5.41, 5.74) is 0.629. The predicted molar refractivity (Wildman–Crippen MR) is 85.1 cm³/mol. The highest BCUT2D eigenvalue weighted by Gasteiger charge is 2.18. The number of hydrogen-bond acceptors (Lipinski definition) is 3. The Morgan fingerprint density at radius 3 is 2.57 bits per heavy atom. The summed E-state index contributed by atoms with van der Waals surface area (Å²) >= 11 is 0. The molecule has 0 saturated heterocycles. The van der Waals surface area contributed by atoms with Crippen molar-refractivity contribution in [2.45, 2.75) is 19.9 Å². The minimum absolute atomic E-state index is 0.324. The molecule has 0 aliphatic carbocycles. The molecule has 0 saturated carbocycles. The molecular weight excluding hydrogens is 299 g/mol. The summed E-state index contributed by atoms with van der Waals surface area (Å²) in [7, 11) is 3.03. The first-order valence-corrected chi connectivity index (χ1v) is 7.33. The second-order valence-corrected chi connectivity index (χ2v) is 5.48. The first kappa shape index (κ1) is 15.2. The SMILES string of the molecule is CCc1nc2c(c(=O)n(C)c(=O)n2C)n1Cc1cccc(F)c1. The van der Waals surface area contributed by atoms with Crippen LogP contribution in [0, 0.1) is 5.82 Å². The van der Waals surface area contributed by atoms with Gasteiger partial charge >= 0.3 is 5.69 Å². The van der Waals surface area contributed by atoms with Crippen molar-refractivity contribution in [3.05, 3.63) is 62.3 Å². The molecule has 0 bridgehead atoms. The van der Waals surface area contributed by atoms with Crippen LogP contribution < -0.4 is 11.2 Å². The topological polar surface area (TPSA) is 61.8 Å². The summed E-state index contributed by atoms with van der Waals surface area (Å²) in [6.07, 6.45) is 0.599. The molecule has 2 aromatic heterocycles. The van der Waals surface area contributed by atoms with Crippen LogP contribution in [0.4, 0.5) is 4.39 Å². The van der Waals surface area contributed by atoms with Crippen LogP contribution in [0.1, 0.15) is 18.3 Å². The van der Waals surface area contributed by atoms with E-state index in [1.807, 2.05) is 6.92 Å². The van der Waals surface area contributed by atoms with Crippen molar-refractivity contribution in [2.24, 2.45) is 14.1 Å². The zero-order valence-electron chi connectivity index (χ0n) is 13.2. The van der Waals surface area contributed by atoms with Gasteiger partial charge in [0.1, 0.15) is 11.6 Å². The van der Waals surface area contributed by atoms with Crippen molar-refractivity contribution < 1.29 is 4.39 Å². The normalized spacial score (nSPS) is 11.3. The van der Waals surface area contributed by atoms with Crippen molar-refractivity contribution in [2.75, 3.05) is 0 Å².